The van der Waals surface area contributed by atoms with Gasteiger partial charge in [0.15, 0.2) is 0 Å². The molecule has 0 radical (unpaired) electrons. The van der Waals surface area contributed by atoms with Gasteiger partial charge in [-0.3, -0.25) is 0 Å². The number of carbonyl (C=O) groups is 1. The second-order valence-corrected chi connectivity index (χ2v) is 8.06. The number of nitrogens with zero attached hydrogens (tertiary/aromatic N) is 2. The minimum atomic E-state index is -0.485. The summed E-state index contributed by atoms with van der Waals surface area (Å²) in [6.07, 6.45) is 0.582. The summed E-state index contributed by atoms with van der Waals surface area (Å²) in [5, 5.41) is 7.44. The van der Waals surface area contributed by atoms with Crippen LogP contribution in [0.5, 0.6) is 0 Å². The average Bonchev–Trinajstić information content (AvgIpc) is 3.15. The Balaban J connectivity index is 1.66. The molecule has 1 saturated heterocycles. The molecule has 0 bridgehead atoms. The minimum absolute atomic E-state index is 0.143. The first-order chi connectivity index (χ1) is 12.6. The number of rotatable bonds is 3. The van der Waals surface area contributed by atoms with E-state index in [2.05, 4.69) is 10.5 Å². The van der Waals surface area contributed by atoms with Crippen molar-refractivity contribution in [2.75, 3.05) is 24.1 Å². The largest absolute Gasteiger partial charge is 0.444 e. The van der Waals surface area contributed by atoms with Crippen molar-refractivity contribution in [3.8, 4) is 11.1 Å². The third kappa shape index (κ3) is 4.35. The van der Waals surface area contributed by atoms with Crippen LogP contribution >= 0.6 is 0 Å². The minimum Gasteiger partial charge on any atom is -0.444 e. The van der Waals surface area contributed by atoms with E-state index in [1.54, 1.807) is 4.90 Å². The Bertz CT molecular complexity index is 819. The number of hydrogen-bond donors (Lipinski definition) is 2. The highest BCUT2D eigenvalue weighted by Gasteiger charge is 2.30. The van der Waals surface area contributed by atoms with Crippen LogP contribution in [-0.4, -0.2) is 40.9 Å². The second-order valence-electron chi connectivity index (χ2n) is 8.06. The molecule has 2 heterocycles. The van der Waals surface area contributed by atoms with Gasteiger partial charge in [-0.2, -0.15) is 0 Å². The number of aromatic nitrogens is 1. The lowest BCUT2D eigenvalue weighted by molar-refractivity contribution is 0.0293. The van der Waals surface area contributed by atoms with Gasteiger partial charge < -0.3 is 25.2 Å². The Kier molecular flexibility index (Phi) is 5.04. The van der Waals surface area contributed by atoms with Gasteiger partial charge in [0.25, 0.3) is 0 Å². The molecule has 3 N–H and O–H groups in total. The molecule has 0 saturated carbocycles. The summed E-state index contributed by atoms with van der Waals surface area (Å²) in [6.45, 7) is 10.7. The Hall–Kier alpha value is -2.70. The summed E-state index contributed by atoms with van der Waals surface area (Å²) in [7, 11) is 0. The number of benzene rings is 1. The van der Waals surface area contributed by atoms with Gasteiger partial charge in [-0.15, -0.1) is 0 Å². The van der Waals surface area contributed by atoms with Crippen LogP contribution in [-0.2, 0) is 4.74 Å². The van der Waals surface area contributed by atoms with E-state index in [-0.39, 0.29) is 12.1 Å². The zero-order chi connectivity index (χ0) is 19.8. The predicted molar refractivity (Wildman–Crippen MR) is 106 cm³/mol. The number of anilines is 2. The monoisotopic (exact) mass is 372 g/mol. The molecule has 7 nitrogen and oxygen atoms in total. The number of likely N-dealkylation sites (tertiary alicyclic amines) is 1. The van der Waals surface area contributed by atoms with Crippen LogP contribution < -0.4 is 11.1 Å². The molecule has 1 amide bonds. The predicted octanol–water partition coefficient (Wildman–Crippen LogP) is 3.96. The Morgan fingerprint density at radius 3 is 2.70 bits per heavy atom. The smallest absolute Gasteiger partial charge is 0.410 e. The molecule has 0 spiro atoms. The number of carbonyl (C=O) groups excluding carboxylic acids is 1. The van der Waals surface area contributed by atoms with Crippen molar-refractivity contribution in [3.05, 3.63) is 29.7 Å². The first-order valence-corrected chi connectivity index (χ1v) is 9.21. The van der Waals surface area contributed by atoms with Gasteiger partial charge in [0.05, 0.1) is 17.1 Å². The molecule has 2 aromatic rings. The van der Waals surface area contributed by atoms with Crippen molar-refractivity contribution >= 4 is 17.5 Å². The molecule has 1 aromatic carbocycles. The van der Waals surface area contributed by atoms with Crippen LogP contribution in [0.2, 0.25) is 0 Å². The lowest BCUT2D eigenvalue weighted by Gasteiger charge is -2.24. The molecule has 27 heavy (non-hydrogen) atoms. The van der Waals surface area contributed by atoms with E-state index in [1.807, 2.05) is 52.8 Å². The van der Waals surface area contributed by atoms with Crippen molar-refractivity contribution in [2.24, 2.45) is 0 Å². The molecule has 1 aliphatic rings. The van der Waals surface area contributed by atoms with Gasteiger partial charge >= 0.3 is 6.09 Å². The fourth-order valence-electron chi connectivity index (χ4n) is 3.34. The Labute approximate surface area is 159 Å². The maximum absolute atomic E-state index is 12.2. The summed E-state index contributed by atoms with van der Waals surface area (Å²) in [6, 6.07) is 6.04. The lowest BCUT2D eigenvalue weighted by Crippen LogP contribution is -2.36. The topological polar surface area (TPSA) is 93.6 Å². The molecule has 7 heteroatoms. The van der Waals surface area contributed by atoms with E-state index in [0.29, 0.717) is 18.8 Å². The van der Waals surface area contributed by atoms with Crippen molar-refractivity contribution in [1.82, 2.24) is 10.1 Å². The molecule has 1 fully saturated rings. The summed E-state index contributed by atoms with van der Waals surface area (Å²) < 4.78 is 10.7. The highest BCUT2D eigenvalue weighted by atomic mass is 16.6. The van der Waals surface area contributed by atoms with Gasteiger partial charge in [0.1, 0.15) is 11.4 Å². The number of nitrogens with one attached hydrogen (secondary N) is 1. The molecule has 1 unspecified atom stereocenters. The third-order valence-electron chi connectivity index (χ3n) is 4.57. The van der Waals surface area contributed by atoms with Crippen molar-refractivity contribution < 1.29 is 14.1 Å². The number of ether oxygens (including phenoxy) is 1. The van der Waals surface area contributed by atoms with Crippen LogP contribution in [0.3, 0.4) is 0 Å². The molecule has 3 rings (SSSR count). The van der Waals surface area contributed by atoms with E-state index in [9.17, 15) is 4.79 Å². The fraction of sp³-hybridized carbons (Fsp3) is 0.500. The molecule has 146 valence electrons. The van der Waals surface area contributed by atoms with Crippen LogP contribution in [0.1, 0.15) is 38.6 Å². The molecular formula is C20H28N4O3. The van der Waals surface area contributed by atoms with Crippen LogP contribution in [0.4, 0.5) is 16.2 Å². The zero-order valence-electron chi connectivity index (χ0n) is 16.6. The Morgan fingerprint density at radius 1 is 1.37 bits per heavy atom. The van der Waals surface area contributed by atoms with Gasteiger partial charge in [0.2, 0.25) is 0 Å². The Morgan fingerprint density at radius 2 is 2.11 bits per heavy atom. The first-order valence-electron chi connectivity index (χ1n) is 9.21. The standard InChI is InChI=1S/C20H28N4O3/c1-12-18(13(2)27-23-12)14-6-7-17(16(21)10-14)22-15-8-9-24(11-15)19(25)26-20(3,4)5/h6-7,10,15,22H,8-9,11,21H2,1-5H3. The van der Waals surface area contributed by atoms with Crippen LogP contribution in [0, 0.1) is 13.8 Å². The molecule has 1 atom stereocenters. The van der Waals surface area contributed by atoms with Crippen LogP contribution in [0.15, 0.2) is 22.7 Å². The molecule has 1 aliphatic heterocycles. The highest BCUT2D eigenvalue weighted by molar-refractivity contribution is 5.78. The third-order valence-corrected chi connectivity index (χ3v) is 4.57. The fourth-order valence-corrected chi connectivity index (χ4v) is 3.34. The molecular weight excluding hydrogens is 344 g/mol. The quantitative estimate of drug-likeness (QED) is 0.792. The van der Waals surface area contributed by atoms with Crippen LogP contribution in [0.25, 0.3) is 11.1 Å². The van der Waals surface area contributed by atoms with E-state index in [1.165, 1.54) is 0 Å². The summed E-state index contributed by atoms with van der Waals surface area (Å²) in [4.78, 5) is 13.9. The SMILES string of the molecule is Cc1noc(C)c1-c1ccc(NC2CCN(C(=O)OC(C)(C)C)C2)c(N)c1. The summed E-state index contributed by atoms with van der Waals surface area (Å²) in [5.41, 5.74) is 10.1. The number of aryl methyl sites for hydroxylation is 2. The maximum atomic E-state index is 12.2. The first kappa shape index (κ1) is 19.1. The zero-order valence-corrected chi connectivity index (χ0v) is 16.6. The van der Waals surface area contributed by atoms with Crippen molar-refractivity contribution in [1.29, 1.82) is 0 Å². The van der Waals surface area contributed by atoms with Gasteiger partial charge in [0, 0.05) is 24.7 Å². The highest BCUT2D eigenvalue weighted by Crippen LogP contribution is 2.32. The van der Waals surface area contributed by atoms with Gasteiger partial charge in [-0.05, 0) is 58.7 Å². The van der Waals surface area contributed by atoms with Gasteiger partial charge in [-0.25, -0.2) is 4.79 Å². The normalized spacial score (nSPS) is 17.2. The van der Waals surface area contributed by atoms with E-state index in [4.69, 9.17) is 15.0 Å². The number of amides is 1. The van der Waals surface area contributed by atoms with E-state index >= 15 is 0 Å². The lowest BCUT2D eigenvalue weighted by atomic mass is 10.0. The molecule has 1 aromatic heterocycles. The number of nitrogen functional groups attached to an aromatic ring is 1. The summed E-state index contributed by atoms with van der Waals surface area (Å²) in [5.74, 6) is 0.774. The number of hydrogen-bond acceptors (Lipinski definition) is 6. The van der Waals surface area contributed by atoms with E-state index in [0.717, 1.165) is 34.7 Å². The second kappa shape index (κ2) is 7.13. The summed E-state index contributed by atoms with van der Waals surface area (Å²) >= 11 is 0. The van der Waals surface area contributed by atoms with Crippen molar-refractivity contribution in [2.45, 2.75) is 52.7 Å². The van der Waals surface area contributed by atoms with E-state index < -0.39 is 5.60 Å². The van der Waals surface area contributed by atoms with Gasteiger partial charge in [-0.1, -0.05) is 11.2 Å². The van der Waals surface area contributed by atoms with Crippen molar-refractivity contribution in [3.63, 3.8) is 0 Å². The maximum Gasteiger partial charge on any atom is 0.410 e. The molecule has 0 aliphatic carbocycles. The average molecular weight is 372 g/mol. The number of nitrogens with two attached hydrogens (primary N) is 1.